The molecule has 0 amide bonds. The lowest BCUT2D eigenvalue weighted by Gasteiger charge is -2.14. The fourth-order valence-electron chi connectivity index (χ4n) is 3.84. The van der Waals surface area contributed by atoms with Crippen LogP contribution in [0.15, 0.2) is 54.6 Å². The highest BCUT2D eigenvalue weighted by atomic mass is 15.4. The molecule has 1 aliphatic carbocycles. The molecule has 0 saturated heterocycles. The zero-order valence-electron chi connectivity index (χ0n) is 15.0. The Morgan fingerprint density at radius 1 is 0.885 bits per heavy atom. The average molecular weight is 344 g/mol. The lowest BCUT2D eigenvalue weighted by atomic mass is 10.1. The molecule has 3 aromatic rings. The molecular weight excluding hydrogens is 320 g/mol. The lowest BCUT2D eigenvalue weighted by Crippen LogP contribution is -2.18. The SMILES string of the molecule is c1ccc(-n2nc(C3CC3)nc2CCCN2Cc3ccccc3C2)cc1. The number of aromatic nitrogens is 3. The quantitative estimate of drug-likeness (QED) is 0.675. The smallest absolute Gasteiger partial charge is 0.154 e. The van der Waals surface area contributed by atoms with Crippen LogP contribution >= 0.6 is 0 Å². The number of hydrogen-bond acceptors (Lipinski definition) is 3. The van der Waals surface area contributed by atoms with Gasteiger partial charge in [-0.2, -0.15) is 5.10 Å². The molecule has 0 bridgehead atoms. The summed E-state index contributed by atoms with van der Waals surface area (Å²) >= 11 is 0. The molecule has 1 aliphatic heterocycles. The van der Waals surface area contributed by atoms with Crippen LogP contribution in [0, 0.1) is 0 Å². The summed E-state index contributed by atoms with van der Waals surface area (Å²) in [6.45, 7) is 3.26. The molecule has 0 atom stereocenters. The third-order valence-electron chi connectivity index (χ3n) is 5.41. The van der Waals surface area contributed by atoms with Crippen molar-refractivity contribution in [2.45, 2.75) is 44.7 Å². The Balaban J connectivity index is 1.27. The predicted molar refractivity (Wildman–Crippen MR) is 102 cm³/mol. The van der Waals surface area contributed by atoms with Crippen molar-refractivity contribution in [3.05, 3.63) is 77.4 Å². The van der Waals surface area contributed by atoms with Gasteiger partial charge in [-0.3, -0.25) is 4.90 Å². The molecule has 1 saturated carbocycles. The van der Waals surface area contributed by atoms with Crippen molar-refractivity contribution in [3.8, 4) is 5.69 Å². The number of para-hydroxylation sites is 1. The van der Waals surface area contributed by atoms with Gasteiger partial charge in [-0.1, -0.05) is 42.5 Å². The van der Waals surface area contributed by atoms with Crippen LogP contribution in [0.25, 0.3) is 5.69 Å². The van der Waals surface area contributed by atoms with Crippen LogP contribution < -0.4 is 0 Å². The summed E-state index contributed by atoms with van der Waals surface area (Å²) in [5.41, 5.74) is 4.09. The van der Waals surface area contributed by atoms with Crippen LogP contribution in [-0.2, 0) is 19.5 Å². The molecule has 2 heterocycles. The lowest BCUT2D eigenvalue weighted by molar-refractivity contribution is 0.279. The van der Waals surface area contributed by atoms with E-state index in [1.54, 1.807) is 0 Å². The number of nitrogens with zero attached hydrogens (tertiary/aromatic N) is 4. The molecule has 132 valence electrons. The Morgan fingerprint density at radius 3 is 2.27 bits per heavy atom. The van der Waals surface area contributed by atoms with Gasteiger partial charge in [-0.25, -0.2) is 9.67 Å². The van der Waals surface area contributed by atoms with Gasteiger partial charge in [-0.05, 0) is 49.1 Å². The summed E-state index contributed by atoms with van der Waals surface area (Å²) in [5.74, 6) is 2.74. The van der Waals surface area contributed by atoms with Crippen LogP contribution in [0.5, 0.6) is 0 Å². The standard InChI is InChI=1S/C22H24N4/c1-2-9-20(10-3-1)26-21(23-22(24-26)17-12-13-17)11-6-14-25-15-18-7-4-5-8-19(18)16-25/h1-5,7-10,17H,6,11-16H2. The average Bonchev–Trinajstić information content (AvgIpc) is 3.31. The van der Waals surface area contributed by atoms with E-state index in [1.807, 2.05) is 6.07 Å². The van der Waals surface area contributed by atoms with Crippen LogP contribution in [0.2, 0.25) is 0 Å². The third-order valence-corrected chi connectivity index (χ3v) is 5.41. The second-order valence-corrected chi connectivity index (χ2v) is 7.49. The van der Waals surface area contributed by atoms with Crippen LogP contribution in [0.3, 0.4) is 0 Å². The number of aryl methyl sites for hydroxylation is 1. The van der Waals surface area contributed by atoms with Crippen molar-refractivity contribution < 1.29 is 0 Å². The number of rotatable bonds is 6. The molecule has 0 spiro atoms. The van der Waals surface area contributed by atoms with Gasteiger partial charge in [0, 0.05) is 25.4 Å². The first kappa shape index (κ1) is 15.8. The summed E-state index contributed by atoms with van der Waals surface area (Å²) < 4.78 is 2.06. The van der Waals surface area contributed by atoms with Gasteiger partial charge in [0.2, 0.25) is 0 Å². The first-order chi connectivity index (χ1) is 12.9. The molecule has 4 nitrogen and oxygen atoms in total. The predicted octanol–water partition coefficient (Wildman–Crippen LogP) is 4.09. The molecule has 2 aliphatic rings. The van der Waals surface area contributed by atoms with Crippen LogP contribution in [0.4, 0.5) is 0 Å². The summed E-state index contributed by atoms with van der Waals surface area (Å²) in [6, 6.07) is 19.2. The molecule has 1 fully saturated rings. The van der Waals surface area contributed by atoms with Gasteiger partial charge < -0.3 is 0 Å². The summed E-state index contributed by atoms with van der Waals surface area (Å²) in [6.07, 6.45) is 4.57. The minimum Gasteiger partial charge on any atom is -0.295 e. The Hall–Kier alpha value is -2.46. The highest BCUT2D eigenvalue weighted by molar-refractivity contribution is 5.32. The maximum atomic E-state index is 4.89. The van der Waals surface area contributed by atoms with E-state index < -0.39 is 0 Å². The monoisotopic (exact) mass is 344 g/mol. The van der Waals surface area contributed by atoms with Crippen LogP contribution in [0.1, 0.15) is 48.0 Å². The molecule has 26 heavy (non-hydrogen) atoms. The fourth-order valence-corrected chi connectivity index (χ4v) is 3.84. The van der Waals surface area contributed by atoms with Crippen molar-refractivity contribution in [3.63, 3.8) is 0 Å². The summed E-state index contributed by atoms with van der Waals surface area (Å²) in [5, 5.41) is 4.82. The first-order valence-corrected chi connectivity index (χ1v) is 9.67. The van der Waals surface area contributed by atoms with Gasteiger partial charge in [0.25, 0.3) is 0 Å². The third kappa shape index (κ3) is 3.17. The first-order valence-electron chi connectivity index (χ1n) is 9.67. The van der Waals surface area contributed by atoms with Crippen molar-refractivity contribution >= 4 is 0 Å². The zero-order chi connectivity index (χ0) is 17.3. The van der Waals surface area contributed by atoms with Crippen molar-refractivity contribution in [1.82, 2.24) is 19.7 Å². The largest absolute Gasteiger partial charge is 0.295 e. The highest BCUT2D eigenvalue weighted by Crippen LogP contribution is 2.38. The molecule has 0 radical (unpaired) electrons. The van der Waals surface area contributed by atoms with Gasteiger partial charge >= 0.3 is 0 Å². The maximum Gasteiger partial charge on any atom is 0.154 e. The molecule has 2 aromatic carbocycles. The van der Waals surface area contributed by atoms with E-state index in [0.717, 1.165) is 49.8 Å². The highest BCUT2D eigenvalue weighted by Gasteiger charge is 2.29. The van der Waals surface area contributed by atoms with E-state index >= 15 is 0 Å². The Morgan fingerprint density at radius 2 is 1.58 bits per heavy atom. The fraction of sp³-hybridized carbons (Fsp3) is 0.364. The van der Waals surface area contributed by atoms with Crippen molar-refractivity contribution in [2.24, 2.45) is 0 Å². The van der Waals surface area contributed by atoms with E-state index in [-0.39, 0.29) is 0 Å². The number of fused-ring (bicyclic) bond motifs is 1. The molecule has 1 aromatic heterocycles. The van der Waals surface area contributed by atoms with Crippen molar-refractivity contribution in [1.29, 1.82) is 0 Å². The second kappa shape index (κ2) is 6.69. The van der Waals surface area contributed by atoms with Gasteiger partial charge in [0.05, 0.1) is 5.69 Å². The topological polar surface area (TPSA) is 34.0 Å². The number of benzene rings is 2. The molecule has 0 unspecified atom stereocenters. The van der Waals surface area contributed by atoms with E-state index in [9.17, 15) is 0 Å². The van der Waals surface area contributed by atoms with E-state index in [4.69, 9.17) is 10.1 Å². The zero-order valence-corrected chi connectivity index (χ0v) is 15.0. The summed E-state index contributed by atoms with van der Waals surface area (Å²) in [7, 11) is 0. The minimum atomic E-state index is 0.590. The summed E-state index contributed by atoms with van der Waals surface area (Å²) in [4.78, 5) is 7.42. The van der Waals surface area contributed by atoms with Gasteiger partial charge in [0.1, 0.15) is 5.82 Å². The molecule has 4 heteroatoms. The van der Waals surface area contributed by atoms with Crippen molar-refractivity contribution in [2.75, 3.05) is 6.54 Å². The Labute approximate surface area is 154 Å². The molecular formula is C22H24N4. The van der Waals surface area contributed by atoms with E-state index in [2.05, 4.69) is 58.1 Å². The Kier molecular flexibility index (Phi) is 4.06. The molecule has 0 N–H and O–H groups in total. The van der Waals surface area contributed by atoms with Crippen LogP contribution in [-0.4, -0.2) is 26.2 Å². The molecule has 5 rings (SSSR count). The van der Waals surface area contributed by atoms with Gasteiger partial charge in [0.15, 0.2) is 5.82 Å². The second-order valence-electron chi connectivity index (χ2n) is 7.49. The normalized spacial score (nSPS) is 16.8. The van der Waals surface area contributed by atoms with Gasteiger partial charge in [-0.15, -0.1) is 0 Å². The minimum absolute atomic E-state index is 0.590. The number of hydrogen-bond donors (Lipinski definition) is 0. The van der Waals surface area contributed by atoms with E-state index in [1.165, 1.54) is 24.0 Å². The van der Waals surface area contributed by atoms with E-state index in [0.29, 0.717) is 5.92 Å². The maximum absolute atomic E-state index is 4.89. The Bertz CT molecular complexity index is 871.